The molecule has 3 aromatic carbocycles. The van der Waals surface area contributed by atoms with Crippen molar-refractivity contribution >= 4 is 66.7 Å². The number of carboxylic acid groups (broad SMARTS) is 1. The SMILES string of the molecule is O=C(O)c1nc(-c2ccc3c(c2)N(C(=O)Nc2nc4ccccc4s2)CCC3)sc1Oc1ccc(-n2ncc3cccnc32)cc1. The van der Waals surface area contributed by atoms with Crippen molar-refractivity contribution in [3.8, 4) is 27.1 Å². The number of ether oxygens (including phenoxy) is 1. The van der Waals surface area contributed by atoms with Crippen LogP contribution >= 0.6 is 22.7 Å². The number of urea groups is 1. The van der Waals surface area contributed by atoms with Crippen molar-refractivity contribution in [1.82, 2.24) is 24.7 Å². The third kappa shape index (κ3) is 5.10. The molecule has 11 nitrogen and oxygen atoms in total. The van der Waals surface area contributed by atoms with Crippen molar-refractivity contribution in [2.24, 2.45) is 0 Å². The molecule has 2 N–H and O–H groups in total. The molecule has 4 aromatic heterocycles. The van der Waals surface area contributed by atoms with Gasteiger partial charge in [0.25, 0.3) is 0 Å². The zero-order valence-corrected chi connectivity index (χ0v) is 25.6. The van der Waals surface area contributed by atoms with E-state index in [1.54, 1.807) is 34.1 Å². The van der Waals surface area contributed by atoms with Gasteiger partial charge in [-0.15, -0.1) is 0 Å². The van der Waals surface area contributed by atoms with E-state index in [0.29, 0.717) is 28.0 Å². The highest BCUT2D eigenvalue weighted by Gasteiger charge is 2.26. The summed E-state index contributed by atoms with van der Waals surface area (Å²) in [5.74, 6) is -0.744. The summed E-state index contributed by atoms with van der Waals surface area (Å²) < 4.78 is 8.77. The first-order chi connectivity index (χ1) is 22.5. The first kappa shape index (κ1) is 27.9. The maximum absolute atomic E-state index is 13.4. The van der Waals surface area contributed by atoms with Gasteiger partial charge in [0.15, 0.2) is 10.8 Å². The lowest BCUT2D eigenvalue weighted by Crippen LogP contribution is -2.38. The van der Waals surface area contributed by atoms with E-state index in [0.717, 1.165) is 62.4 Å². The first-order valence-corrected chi connectivity index (χ1v) is 16.0. The van der Waals surface area contributed by atoms with E-state index < -0.39 is 5.97 Å². The summed E-state index contributed by atoms with van der Waals surface area (Å²) in [4.78, 5) is 40.7. The molecule has 0 aliphatic carbocycles. The van der Waals surface area contributed by atoms with E-state index >= 15 is 0 Å². The molecule has 0 bridgehead atoms. The molecule has 2 amide bonds. The fourth-order valence-electron chi connectivity index (χ4n) is 5.45. The second-order valence-electron chi connectivity index (χ2n) is 10.5. The summed E-state index contributed by atoms with van der Waals surface area (Å²) >= 11 is 2.56. The zero-order valence-electron chi connectivity index (χ0n) is 24.0. The number of para-hydroxylation sites is 1. The highest BCUT2D eigenvalue weighted by Crippen LogP contribution is 2.40. The average Bonchev–Trinajstić information content (AvgIpc) is 3.81. The van der Waals surface area contributed by atoms with Gasteiger partial charge in [-0.25, -0.2) is 29.2 Å². The number of carboxylic acids is 1. The third-order valence-electron chi connectivity index (χ3n) is 7.62. The molecule has 0 fully saturated rings. The summed E-state index contributed by atoms with van der Waals surface area (Å²) in [5, 5.41) is 19.4. The van der Waals surface area contributed by atoms with Crippen molar-refractivity contribution in [2.75, 3.05) is 16.8 Å². The van der Waals surface area contributed by atoms with E-state index in [1.807, 2.05) is 66.7 Å². The second kappa shape index (κ2) is 11.4. The van der Waals surface area contributed by atoms with Crippen LogP contribution in [0.4, 0.5) is 15.6 Å². The van der Waals surface area contributed by atoms with E-state index in [-0.39, 0.29) is 16.8 Å². The van der Waals surface area contributed by atoms with Crippen LogP contribution in [0.15, 0.2) is 91.3 Å². The Morgan fingerprint density at radius 1 is 0.957 bits per heavy atom. The van der Waals surface area contributed by atoms with Crippen LogP contribution in [-0.2, 0) is 6.42 Å². The van der Waals surface area contributed by atoms with E-state index in [1.165, 1.54) is 11.3 Å². The minimum absolute atomic E-state index is 0.157. The number of aryl methyl sites for hydroxylation is 1. The zero-order chi connectivity index (χ0) is 31.2. The molecule has 0 unspecified atom stereocenters. The van der Waals surface area contributed by atoms with Gasteiger partial charge in [0, 0.05) is 29.4 Å². The summed E-state index contributed by atoms with van der Waals surface area (Å²) in [6, 6.07) is 24.2. The van der Waals surface area contributed by atoms with Crippen molar-refractivity contribution in [3.05, 3.63) is 103 Å². The molecule has 0 atom stereocenters. The Balaban J connectivity index is 1.05. The molecule has 0 saturated heterocycles. The first-order valence-electron chi connectivity index (χ1n) is 14.4. The Morgan fingerprint density at radius 3 is 2.67 bits per heavy atom. The Morgan fingerprint density at radius 2 is 1.83 bits per heavy atom. The van der Waals surface area contributed by atoms with Crippen LogP contribution in [0, 0.1) is 0 Å². The Labute approximate surface area is 269 Å². The molecule has 0 spiro atoms. The normalized spacial score (nSPS) is 12.7. The molecule has 5 heterocycles. The summed E-state index contributed by atoms with van der Waals surface area (Å²) in [5.41, 5.74) is 4.64. The maximum Gasteiger partial charge on any atom is 0.359 e. The number of hydrogen-bond donors (Lipinski definition) is 2. The van der Waals surface area contributed by atoms with Gasteiger partial charge in [-0.3, -0.25) is 10.2 Å². The number of pyridine rings is 1. The third-order valence-corrected chi connectivity index (χ3v) is 9.56. The van der Waals surface area contributed by atoms with Crippen molar-refractivity contribution in [1.29, 1.82) is 0 Å². The quantitative estimate of drug-likeness (QED) is 0.188. The topological polar surface area (TPSA) is 135 Å². The maximum atomic E-state index is 13.4. The van der Waals surface area contributed by atoms with Crippen molar-refractivity contribution in [2.45, 2.75) is 12.8 Å². The number of nitrogens with one attached hydrogen (secondary N) is 1. The molecule has 1 aliphatic heterocycles. The smallest absolute Gasteiger partial charge is 0.359 e. The molecule has 1 aliphatic rings. The number of amides is 2. The second-order valence-corrected chi connectivity index (χ2v) is 12.5. The molecular formula is C33H23N7O4S2. The standard InChI is InChI=1S/C33H23N7O4S2/c41-30(42)27-31(44-23-13-11-22(12-14-23)40-28-21(18-35-40)5-3-15-34-28)46-29(37-27)20-10-9-19-6-4-16-39(25(19)17-20)33(43)38-32-36-24-7-1-2-8-26(24)45-32/h1-3,5,7-15,17-18H,4,6,16H2,(H,41,42)(H,36,38,43). The van der Waals surface area contributed by atoms with E-state index in [2.05, 4.69) is 25.4 Å². The molecule has 0 saturated carbocycles. The Hall–Kier alpha value is -5.66. The number of fused-ring (bicyclic) bond motifs is 3. The summed E-state index contributed by atoms with van der Waals surface area (Å²) in [6.07, 6.45) is 5.11. The fraction of sp³-hybridized carbons (Fsp3) is 0.0909. The molecule has 7 aromatic rings. The van der Waals surface area contributed by atoms with Crippen molar-refractivity contribution in [3.63, 3.8) is 0 Å². The van der Waals surface area contributed by atoms with Gasteiger partial charge in [0.1, 0.15) is 10.8 Å². The minimum Gasteiger partial charge on any atom is -0.476 e. The van der Waals surface area contributed by atoms with E-state index in [4.69, 9.17) is 4.74 Å². The van der Waals surface area contributed by atoms with Gasteiger partial charge in [0.05, 0.1) is 22.1 Å². The highest BCUT2D eigenvalue weighted by atomic mass is 32.1. The van der Waals surface area contributed by atoms with Crippen LogP contribution in [0.25, 0.3) is 37.5 Å². The number of nitrogens with zero attached hydrogens (tertiary/aromatic N) is 6. The number of thiazole rings is 2. The monoisotopic (exact) mass is 645 g/mol. The van der Waals surface area contributed by atoms with Crippen molar-refractivity contribution < 1.29 is 19.4 Å². The van der Waals surface area contributed by atoms with Gasteiger partial charge < -0.3 is 9.84 Å². The number of rotatable bonds is 6. The lowest BCUT2D eigenvalue weighted by atomic mass is 10.00. The lowest BCUT2D eigenvalue weighted by molar-refractivity contribution is 0.0689. The van der Waals surface area contributed by atoms with Crippen LogP contribution < -0.4 is 15.0 Å². The molecule has 13 heteroatoms. The largest absolute Gasteiger partial charge is 0.476 e. The van der Waals surface area contributed by atoms with Gasteiger partial charge in [-0.1, -0.05) is 46.9 Å². The van der Waals surface area contributed by atoms with Crippen LogP contribution in [-0.4, -0.2) is 48.4 Å². The number of anilines is 2. The Kier molecular flexibility index (Phi) is 6.88. The summed E-state index contributed by atoms with van der Waals surface area (Å²) in [6.45, 7) is 0.542. The number of carbonyl (C=O) groups excluding carboxylic acids is 1. The molecule has 46 heavy (non-hydrogen) atoms. The number of aromatic carboxylic acids is 1. The minimum atomic E-state index is -1.20. The number of benzene rings is 3. The number of aromatic nitrogens is 5. The van der Waals surface area contributed by atoms with E-state index in [9.17, 15) is 14.7 Å². The van der Waals surface area contributed by atoms with Crippen LogP contribution in [0.3, 0.4) is 0 Å². The Bertz CT molecular complexity index is 2240. The highest BCUT2D eigenvalue weighted by molar-refractivity contribution is 7.22. The molecular weight excluding hydrogens is 623 g/mol. The fourth-order valence-corrected chi connectivity index (χ4v) is 7.23. The summed E-state index contributed by atoms with van der Waals surface area (Å²) in [7, 11) is 0. The predicted molar refractivity (Wildman–Crippen MR) is 178 cm³/mol. The molecule has 0 radical (unpaired) electrons. The van der Waals surface area contributed by atoms with Gasteiger partial charge in [-0.2, -0.15) is 5.10 Å². The van der Waals surface area contributed by atoms with Gasteiger partial charge >= 0.3 is 12.0 Å². The predicted octanol–water partition coefficient (Wildman–Crippen LogP) is 7.63. The molecule has 8 rings (SSSR count). The van der Waals surface area contributed by atoms with Gasteiger partial charge in [0.2, 0.25) is 10.8 Å². The number of hydrogen-bond acceptors (Lipinski definition) is 9. The molecule has 226 valence electrons. The van der Waals surface area contributed by atoms with Gasteiger partial charge in [-0.05, 0) is 73.0 Å². The average molecular weight is 646 g/mol. The van der Waals surface area contributed by atoms with Crippen LogP contribution in [0.1, 0.15) is 22.5 Å². The van der Waals surface area contributed by atoms with Crippen LogP contribution in [0.2, 0.25) is 0 Å². The number of carbonyl (C=O) groups is 2. The lowest BCUT2D eigenvalue weighted by Gasteiger charge is -2.29. The van der Waals surface area contributed by atoms with Crippen LogP contribution in [0.5, 0.6) is 10.8 Å².